The highest BCUT2D eigenvalue weighted by molar-refractivity contribution is 5.27. The first kappa shape index (κ1) is 14.1. The number of rotatable bonds is 2. The topological polar surface area (TPSA) is 15.3 Å². The summed E-state index contributed by atoms with van der Waals surface area (Å²) in [7, 11) is 0. The number of nitrogens with one attached hydrogen (secondary N) is 1. The average molecular weight is 272 g/mol. The zero-order chi connectivity index (χ0) is 14.2. The molecule has 2 aliphatic rings. The lowest BCUT2D eigenvalue weighted by Gasteiger charge is -2.24. The molecule has 1 aromatic carbocycles. The number of hydrogen-bond donors (Lipinski definition) is 1. The number of likely N-dealkylation sites (tertiary alicyclic amines) is 1. The minimum absolute atomic E-state index is 0.254. The molecule has 0 spiro atoms. The van der Waals surface area contributed by atoms with E-state index >= 15 is 0 Å². The Morgan fingerprint density at radius 3 is 2.45 bits per heavy atom. The quantitative estimate of drug-likeness (QED) is 0.888. The highest BCUT2D eigenvalue weighted by atomic mass is 15.2. The van der Waals surface area contributed by atoms with Crippen LogP contribution in [-0.2, 0) is 12.0 Å². The third kappa shape index (κ3) is 3.24. The Balaban J connectivity index is 1.63. The summed E-state index contributed by atoms with van der Waals surface area (Å²) >= 11 is 0. The van der Waals surface area contributed by atoms with Crippen molar-refractivity contribution in [2.24, 2.45) is 0 Å². The van der Waals surface area contributed by atoms with Gasteiger partial charge in [0.05, 0.1) is 0 Å². The van der Waals surface area contributed by atoms with E-state index in [1.54, 1.807) is 0 Å². The van der Waals surface area contributed by atoms with E-state index in [1.807, 2.05) is 0 Å². The van der Waals surface area contributed by atoms with Crippen LogP contribution in [0.2, 0.25) is 0 Å². The second-order valence-corrected chi connectivity index (χ2v) is 7.61. The van der Waals surface area contributed by atoms with Crippen molar-refractivity contribution in [2.45, 2.75) is 64.1 Å². The van der Waals surface area contributed by atoms with Crippen LogP contribution in [0.5, 0.6) is 0 Å². The van der Waals surface area contributed by atoms with Crippen LogP contribution >= 0.6 is 0 Å². The molecule has 0 radical (unpaired) electrons. The predicted octanol–water partition coefficient (Wildman–Crippen LogP) is 3.31. The van der Waals surface area contributed by atoms with Crippen LogP contribution in [0.3, 0.4) is 0 Å². The summed E-state index contributed by atoms with van der Waals surface area (Å²) in [6, 6.07) is 10.8. The molecular formula is C18H28N2. The maximum Gasteiger partial charge on any atom is 0.0234 e. The van der Waals surface area contributed by atoms with Gasteiger partial charge in [0.2, 0.25) is 0 Å². The van der Waals surface area contributed by atoms with Gasteiger partial charge < -0.3 is 5.32 Å². The molecule has 0 saturated carbocycles. The molecule has 110 valence electrons. The Morgan fingerprint density at radius 2 is 1.75 bits per heavy atom. The minimum atomic E-state index is 0.254. The van der Waals surface area contributed by atoms with Gasteiger partial charge in [-0.05, 0) is 35.8 Å². The fourth-order valence-corrected chi connectivity index (χ4v) is 3.53. The van der Waals surface area contributed by atoms with E-state index in [0.29, 0.717) is 0 Å². The molecule has 1 aromatic rings. The fourth-order valence-electron chi connectivity index (χ4n) is 3.53. The molecule has 2 atom stereocenters. The van der Waals surface area contributed by atoms with Crippen LogP contribution < -0.4 is 5.32 Å². The largest absolute Gasteiger partial charge is 0.310 e. The lowest BCUT2D eigenvalue weighted by atomic mass is 9.87. The lowest BCUT2D eigenvalue weighted by molar-refractivity contribution is 0.251. The molecular weight excluding hydrogens is 244 g/mol. The van der Waals surface area contributed by atoms with Crippen LogP contribution in [0, 0.1) is 0 Å². The zero-order valence-corrected chi connectivity index (χ0v) is 13.2. The van der Waals surface area contributed by atoms with Gasteiger partial charge in [0, 0.05) is 31.7 Å². The number of nitrogens with zero attached hydrogens (tertiary/aromatic N) is 1. The first-order valence-corrected chi connectivity index (χ1v) is 8.08. The van der Waals surface area contributed by atoms with E-state index in [4.69, 9.17) is 0 Å². The Labute approximate surface area is 123 Å². The molecule has 0 amide bonds. The standard InChI is InChI=1S/C18H28N2/c1-18(2,3)15-6-4-14(5-7-15)12-20-11-10-16-8-9-17(13-20)19-16/h4-7,16-17,19H,8-13H2,1-3H3. The van der Waals surface area contributed by atoms with Crippen molar-refractivity contribution in [2.75, 3.05) is 13.1 Å². The van der Waals surface area contributed by atoms with Crippen LogP contribution in [0.1, 0.15) is 51.2 Å². The van der Waals surface area contributed by atoms with Crippen LogP contribution in [0.4, 0.5) is 0 Å². The van der Waals surface area contributed by atoms with E-state index in [2.05, 4.69) is 55.3 Å². The smallest absolute Gasteiger partial charge is 0.0234 e. The Morgan fingerprint density at radius 1 is 1.05 bits per heavy atom. The summed E-state index contributed by atoms with van der Waals surface area (Å²) < 4.78 is 0. The molecule has 0 aromatic heterocycles. The fraction of sp³-hybridized carbons (Fsp3) is 0.667. The Hall–Kier alpha value is -0.860. The summed E-state index contributed by atoms with van der Waals surface area (Å²) in [6.07, 6.45) is 4.07. The summed E-state index contributed by atoms with van der Waals surface area (Å²) in [5.74, 6) is 0. The third-order valence-electron chi connectivity index (χ3n) is 4.83. The summed E-state index contributed by atoms with van der Waals surface area (Å²) in [6.45, 7) is 10.4. The number of benzene rings is 1. The first-order chi connectivity index (χ1) is 9.50. The van der Waals surface area contributed by atoms with Gasteiger partial charge in [0.25, 0.3) is 0 Å². The van der Waals surface area contributed by atoms with Gasteiger partial charge >= 0.3 is 0 Å². The van der Waals surface area contributed by atoms with E-state index in [0.717, 1.165) is 18.6 Å². The van der Waals surface area contributed by atoms with Crippen LogP contribution in [-0.4, -0.2) is 30.1 Å². The number of fused-ring (bicyclic) bond motifs is 2. The highest BCUT2D eigenvalue weighted by Gasteiger charge is 2.29. The molecule has 2 bridgehead atoms. The van der Waals surface area contributed by atoms with Crippen LogP contribution in [0.25, 0.3) is 0 Å². The van der Waals surface area contributed by atoms with Crippen molar-refractivity contribution in [1.29, 1.82) is 0 Å². The molecule has 2 heteroatoms. The minimum Gasteiger partial charge on any atom is -0.310 e. The average Bonchev–Trinajstić information content (AvgIpc) is 2.72. The van der Waals surface area contributed by atoms with E-state index in [-0.39, 0.29) is 5.41 Å². The van der Waals surface area contributed by atoms with Gasteiger partial charge in [-0.2, -0.15) is 0 Å². The normalized spacial score (nSPS) is 27.6. The first-order valence-electron chi connectivity index (χ1n) is 8.08. The van der Waals surface area contributed by atoms with Gasteiger partial charge in [0.15, 0.2) is 0 Å². The monoisotopic (exact) mass is 272 g/mol. The van der Waals surface area contributed by atoms with Gasteiger partial charge in [-0.25, -0.2) is 0 Å². The second kappa shape index (κ2) is 5.50. The van der Waals surface area contributed by atoms with Crippen molar-refractivity contribution >= 4 is 0 Å². The zero-order valence-electron chi connectivity index (χ0n) is 13.2. The van der Waals surface area contributed by atoms with Crippen molar-refractivity contribution in [3.63, 3.8) is 0 Å². The predicted molar refractivity (Wildman–Crippen MR) is 85.0 cm³/mol. The van der Waals surface area contributed by atoms with Crippen LogP contribution in [0.15, 0.2) is 24.3 Å². The van der Waals surface area contributed by atoms with E-state index in [9.17, 15) is 0 Å². The van der Waals surface area contributed by atoms with E-state index in [1.165, 1.54) is 43.5 Å². The Bertz CT molecular complexity index is 443. The molecule has 0 aliphatic carbocycles. The summed E-state index contributed by atoms with van der Waals surface area (Å²) in [5.41, 5.74) is 3.14. The van der Waals surface area contributed by atoms with Gasteiger partial charge in [-0.15, -0.1) is 0 Å². The van der Waals surface area contributed by atoms with Crippen molar-refractivity contribution in [1.82, 2.24) is 10.2 Å². The third-order valence-corrected chi connectivity index (χ3v) is 4.83. The molecule has 2 nitrogen and oxygen atoms in total. The second-order valence-electron chi connectivity index (χ2n) is 7.61. The maximum atomic E-state index is 3.76. The van der Waals surface area contributed by atoms with Gasteiger partial charge in [0.1, 0.15) is 0 Å². The molecule has 2 saturated heterocycles. The van der Waals surface area contributed by atoms with Gasteiger partial charge in [-0.1, -0.05) is 45.0 Å². The molecule has 20 heavy (non-hydrogen) atoms. The Kier molecular flexibility index (Phi) is 3.87. The molecule has 3 rings (SSSR count). The molecule has 1 N–H and O–H groups in total. The SMILES string of the molecule is CC(C)(C)c1ccc(CN2CCC3CCC(C2)N3)cc1. The number of hydrogen-bond acceptors (Lipinski definition) is 2. The van der Waals surface area contributed by atoms with Gasteiger partial charge in [-0.3, -0.25) is 4.90 Å². The molecule has 2 heterocycles. The summed E-state index contributed by atoms with van der Waals surface area (Å²) in [5, 5.41) is 3.76. The van der Waals surface area contributed by atoms with E-state index < -0.39 is 0 Å². The summed E-state index contributed by atoms with van der Waals surface area (Å²) in [4.78, 5) is 2.63. The lowest BCUT2D eigenvalue weighted by Crippen LogP contribution is -2.34. The van der Waals surface area contributed by atoms with Crippen molar-refractivity contribution in [3.8, 4) is 0 Å². The van der Waals surface area contributed by atoms with Crippen molar-refractivity contribution in [3.05, 3.63) is 35.4 Å². The maximum absolute atomic E-state index is 3.76. The molecule has 2 fully saturated rings. The molecule has 2 aliphatic heterocycles. The highest BCUT2D eigenvalue weighted by Crippen LogP contribution is 2.24. The molecule has 2 unspecified atom stereocenters. The van der Waals surface area contributed by atoms with Crippen molar-refractivity contribution < 1.29 is 0 Å².